The summed E-state index contributed by atoms with van der Waals surface area (Å²) in [4.78, 5) is 5.65. The van der Waals surface area contributed by atoms with E-state index in [0.717, 1.165) is 24.2 Å². The van der Waals surface area contributed by atoms with Crippen LogP contribution in [0.2, 0.25) is 0 Å². The van der Waals surface area contributed by atoms with Crippen LogP contribution in [0.1, 0.15) is 12.0 Å². The summed E-state index contributed by atoms with van der Waals surface area (Å²) in [6, 6.07) is 16.5. The summed E-state index contributed by atoms with van der Waals surface area (Å²) in [5.41, 5.74) is 3.46. The van der Waals surface area contributed by atoms with Gasteiger partial charge >= 0.3 is 0 Å². The van der Waals surface area contributed by atoms with Crippen LogP contribution in [0.4, 0.5) is 5.69 Å². The Morgan fingerprint density at radius 3 is 2.77 bits per heavy atom. The zero-order chi connectivity index (χ0) is 14.8. The zero-order valence-electron chi connectivity index (χ0n) is 12.3. The van der Waals surface area contributed by atoms with Crippen LogP contribution >= 0.6 is 0 Å². The van der Waals surface area contributed by atoms with Gasteiger partial charge in [0.25, 0.3) is 0 Å². The number of H-pyrrole nitrogens is 1. The summed E-state index contributed by atoms with van der Waals surface area (Å²) < 4.78 is 6.01. The molecule has 0 fully saturated rings. The number of nitrogens with one attached hydrogen (secondary N) is 1. The number of hydrogen-bond donors (Lipinski definition) is 1. The van der Waals surface area contributed by atoms with E-state index in [1.165, 1.54) is 16.6 Å². The Hall–Kier alpha value is -2.68. The largest absolute Gasteiger partial charge is 0.487 e. The lowest BCUT2D eigenvalue weighted by Crippen LogP contribution is -2.11. The van der Waals surface area contributed by atoms with Gasteiger partial charge in [-0.1, -0.05) is 48.5 Å². The molecule has 1 aliphatic rings. The van der Waals surface area contributed by atoms with Crippen LogP contribution in [-0.4, -0.2) is 11.5 Å². The minimum atomic E-state index is 0.581. The molecule has 1 aliphatic heterocycles. The van der Waals surface area contributed by atoms with E-state index in [2.05, 4.69) is 52.6 Å². The lowest BCUT2D eigenvalue weighted by Gasteiger charge is -2.14. The Morgan fingerprint density at radius 2 is 1.95 bits per heavy atom. The van der Waals surface area contributed by atoms with E-state index in [1.807, 2.05) is 24.3 Å². The fourth-order valence-corrected chi connectivity index (χ4v) is 2.90. The van der Waals surface area contributed by atoms with E-state index < -0.39 is 0 Å². The van der Waals surface area contributed by atoms with Crippen molar-refractivity contribution in [1.29, 1.82) is 0 Å². The molecule has 0 spiro atoms. The maximum absolute atomic E-state index is 6.01. The van der Waals surface area contributed by atoms with E-state index in [1.54, 1.807) is 0 Å². The lowest BCUT2D eigenvalue weighted by atomic mass is 10.2. The van der Waals surface area contributed by atoms with E-state index in [0.29, 0.717) is 6.61 Å². The summed E-state index contributed by atoms with van der Waals surface area (Å²) in [6.07, 6.45) is 7.53. The molecule has 0 amide bonds. The highest BCUT2D eigenvalue weighted by atomic mass is 16.5. The third kappa shape index (κ3) is 2.35. The quantitative estimate of drug-likeness (QED) is 0.768. The smallest absolute Gasteiger partial charge is 0.143 e. The van der Waals surface area contributed by atoms with Gasteiger partial charge in [-0.15, -0.1) is 0 Å². The summed E-state index contributed by atoms with van der Waals surface area (Å²) >= 11 is 0. The summed E-state index contributed by atoms with van der Waals surface area (Å²) in [6.45, 7) is 1.62. The van der Waals surface area contributed by atoms with Crippen LogP contribution in [0.25, 0.3) is 10.9 Å². The fraction of sp³-hybridized carbons (Fsp3) is 0.158. The van der Waals surface area contributed by atoms with Crippen LogP contribution in [0, 0.1) is 0 Å². The monoisotopic (exact) mass is 290 g/mol. The molecule has 1 N–H and O–H groups in total. The molecule has 3 nitrogen and oxygen atoms in total. The first-order valence-corrected chi connectivity index (χ1v) is 7.62. The van der Waals surface area contributed by atoms with Gasteiger partial charge in [-0.3, -0.25) is 0 Å². The average Bonchev–Trinajstić information content (AvgIpc) is 3.22. The molecule has 0 radical (unpaired) electrons. The van der Waals surface area contributed by atoms with E-state index in [4.69, 9.17) is 4.74 Å². The van der Waals surface area contributed by atoms with E-state index >= 15 is 0 Å². The minimum absolute atomic E-state index is 0.581. The summed E-state index contributed by atoms with van der Waals surface area (Å²) in [5.74, 6) is 0.899. The molecular formula is C19H18N2O. The molecule has 2 heterocycles. The predicted molar refractivity (Wildman–Crippen MR) is 90.2 cm³/mol. The number of anilines is 1. The molecule has 0 bridgehead atoms. The number of benzene rings is 2. The van der Waals surface area contributed by atoms with Crippen molar-refractivity contribution in [2.24, 2.45) is 0 Å². The number of aromatic amines is 1. The van der Waals surface area contributed by atoms with Gasteiger partial charge in [0.1, 0.15) is 12.4 Å². The highest BCUT2D eigenvalue weighted by Gasteiger charge is 2.14. The van der Waals surface area contributed by atoms with Crippen molar-refractivity contribution in [3.8, 4) is 5.75 Å². The number of fused-ring (bicyclic) bond motifs is 1. The van der Waals surface area contributed by atoms with Crippen molar-refractivity contribution in [1.82, 2.24) is 4.98 Å². The van der Waals surface area contributed by atoms with Crippen molar-refractivity contribution in [2.75, 3.05) is 11.4 Å². The molecule has 0 atom stereocenters. The standard InChI is InChI=1S/C19H18N2O/c1-2-7-15(8-3-1)14-22-18-10-6-9-16-17(13-20-19(16)18)21-11-4-5-12-21/h1-4,6-11,13,20H,5,12,14H2. The van der Waals surface area contributed by atoms with Crippen molar-refractivity contribution >= 4 is 16.6 Å². The van der Waals surface area contributed by atoms with Crippen molar-refractivity contribution < 1.29 is 4.74 Å². The SMILES string of the molecule is C1=CN(c2c[nH]c3c(OCc4ccccc4)cccc23)CC1. The highest BCUT2D eigenvalue weighted by Crippen LogP contribution is 2.34. The predicted octanol–water partition coefficient (Wildman–Crippen LogP) is 4.47. The van der Waals surface area contributed by atoms with Crippen molar-refractivity contribution in [2.45, 2.75) is 13.0 Å². The first kappa shape index (κ1) is 13.0. The van der Waals surface area contributed by atoms with Crippen molar-refractivity contribution in [3.63, 3.8) is 0 Å². The molecule has 110 valence electrons. The number of rotatable bonds is 4. The normalized spacial score (nSPS) is 13.9. The molecule has 3 aromatic rings. The molecule has 0 saturated heterocycles. The van der Waals surface area contributed by atoms with Gasteiger partial charge in [0, 0.05) is 24.3 Å². The maximum Gasteiger partial charge on any atom is 0.143 e. The van der Waals surface area contributed by atoms with Crippen LogP contribution < -0.4 is 9.64 Å². The topological polar surface area (TPSA) is 28.3 Å². The second-order valence-electron chi connectivity index (χ2n) is 5.49. The van der Waals surface area contributed by atoms with E-state index in [-0.39, 0.29) is 0 Å². The zero-order valence-corrected chi connectivity index (χ0v) is 12.3. The Morgan fingerprint density at radius 1 is 1.05 bits per heavy atom. The second kappa shape index (κ2) is 5.60. The van der Waals surface area contributed by atoms with Crippen LogP contribution in [-0.2, 0) is 6.61 Å². The van der Waals surface area contributed by atoms with Crippen molar-refractivity contribution in [3.05, 3.63) is 72.6 Å². The number of nitrogens with zero attached hydrogens (tertiary/aromatic N) is 1. The minimum Gasteiger partial charge on any atom is -0.487 e. The summed E-state index contributed by atoms with van der Waals surface area (Å²) in [5, 5.41) is 1.21. The van der Waals surface area contributed by atoms with Crippen LogP contribution in [0.15, 0.2) is 67.0 Å². The van der Waals surface area contributed by atoms with Gasteiger partial charge in [-0.25, -0.2) is 0 Å². The third-order valence-corrected chi connectivity index (χ3v) is 4.02. The molecule has 4 rings (SSSR count). The molecule has 0 aliphatic carbocycles. The average molecular weight is 290 g/mol. The van der Waals surface area contributed by atoms with Gasteiger partial charge in [0.15, 0.2) is 0 Å². The Balaban J connectivity index is 1.63. The van der Waals surface area contributed by atoms with Gasteiger partial charge < -0.3 is 14.6 Å². The highest BCUT2D eigenvalue weighted by molar-refractivity contribution is 5.96. The Bertz CT molecular complexity index is 805. The lowest BCUT2D eigenvalue weighted by molar-refractivity contribution is 0.309. The number of aromatic nitrogens is 1. The Kier molecular flexibility index (Phi) is 3.31. The van der Waals surface area contributed by atoms with Gasteiger partial charge in [0.05, 0.1) is 11.2 Å². The third-order valence-electron chi connectivity index (χ3n) is 4.02. The molecule has 2 aromatic carbocycles. The molecular weight excluding hydrogens is 272 g/mol. The molecule has 22 heavy (non-hydrogen) atoms. The first-order chi connectivity index (χ1) is 10.9. The molecule has 0 unspecified atom stereocenters. The van der Waals surface area contributed by atoms with Gasteiger partial charge in [0.2, 0.25) is 0 Å². The first-order valence-electron chi connectivity index (χ1n) is 7.62. The summed E-state index contributed by atoms with van der Waals surface area (Å²) in [7, 11) is 0. The molecule has 1 aromatic heterocycles. The number of hydrogen-bond acceptors (Lipinski definition) is 2. The van der Waals surface area contributed by atoms with Crippen LogP contribution in [0.3, 0.4) is 0 Å². The van der Waals surface area contributed by atoms with Gasteiger partial charge in [-0.2, -0.15) is 0 Å². The second-order valence-corrected chi connectivity index (χ2v) is 5.49. The van der Waals surface area contributed by atoms with Crippen LogP contribution in [0.5, 0.6) is 5.75 Å². The number of ether oxygens (including phenoxy) is 1. The maximum atomic E-state index is 6.01. The Labute approximate surface area is 129 Å². The molecule has 0 saturated carbocycles. The molecule has 3 heteroatoms. The fourth-order valence-electron chi connectivity index (χ4n) is 2.90. The van der Waals surface area contributed by atoms with Gasteiger partial charge in [-0.05, 0) is 18.1 Å². The number of para-hydroxylation sites is 1. The van der Waals surface area contributed by atoms with E-state index in [9.17, 15) is 0 Å².